The number of amides is 1. The van der Waals surface area contributed by atoms with Crippen LogP contribution in [-0.4, -0.2) is 50.4 Å². The maximum Gasteiger partial charge on any atom is 0.234 e. The first-order valence-corrected chi connectivity index (χ1v) is 10.9. The Morgan fingerprint density at radius 3 is 2.91 bits per heavy atom. The summed E-state index contributed by atoms with van der Waals surface area (Å²) in [5.41, 5.74) is 2.70. The van der Waals surface area contributed by atoms with Crippen LogP contribution in [0.2, 0.25) is 0 Å². The lowest BCUT2D eigenvalue weighted by Crippen LogP contribution is -2.41. The van der Waals surface area contributed by atoms with Gasteiger partial charge in [-0.15, -0.1) is 11.3 Å². The molecule has 7 heteroatoms. The molecule has 1 fully saturated rings. The second-order valence-electron chi connectivity index (χ2n) is 6.62. The van der Waals surface area contributed by atoms with Crippen molar-refractivity contribution in [2.24, 2.45) is 0 Å². The van der Waals surface area contributed by atoms with Crippen molar-refractivity contribution in [1.82, 2.24) is 10.2 Å². The molecule has 0 aromatic carbocycles. The number of hydrogen-bond donors (Lipinski definition) is 1. The number of nitrogens with zero attached hydrogens (tertiary/aromatic N) is 1. The van der Waals surface area contributed by atoms with Crippen LogP contribution >= 0.6 is 11.3 Å². The third-order valence-corrected chi connectivity index (χ3v) is 7.74. The van der Waals surface area contributed by atoms with Crippen molar-refractivity contribution in [3.05, 3.63) is 21.4 Å². The quantitative estimate of drug-likeness (QED) is 0.865. The van der Waals surface area contributed by atoms with Crippen molar-refractivity contribution in [1.29, 1.82) is 0 Å². The number of nitrogens with one attached hydrogen (secondary N) is 1. The predicted octanol–water partition coefficient (Wildman–Crippen LogP) is 1.36. The van der Waals surface area contributed by atoms with E-state index in [4.69, 9.17) is 0 Å². The summed E-state index contributed by atoms with van der Waals surface area (Å²) >= 11 is 1.81. The van der Waals surface area contributed by atoms with E-state index in [1.165, 1.54) is 35.3 Å². The van der Waals surface area contributed by atoms with Gasteiger partial charge in [0.25, 0.3) is 0 Å². The number of thiophene rings is 1. The van der Waals surface area contributed by atoms with Crippen molar-refractivity contribution in [2.75, 3.05) is 25.1 Å². The molecule has 128 valence electrons. The number of aryl methyl sites for hydroxylation is 1. The van der Waals surface area contributed by atoms with Crippen molar-refractivity contribution < 1.29 is 13.2 Å². The van der Waals surface area contributed by atoms with Crippen LogP contribution in [0.15, 0.2) is 5.38 Å². The van der Waals surface area contributed by atoms with Gasteiger partial charge in [0.15, 0.2) is 9.84 Å². The highest BCUT2D eigenvalue weighted by Gasteiger charge is 2.31. The Morgan fingerprint density at radius 1 is 1.39 bits per heavy atom. The molecule has 0 bridgehead atoms. The van der Waals surface area contributed by atoms with E-state index in [-0.39, 0.29) is 30.0 Å². The average molecular weight is 357 g/mol. The van der Waals surface area contributed by atoms with Crippen LogP contribution in [0, 0.1) is 0 Å². The van der Waals surface area contributed by atoms with Crippen LogP contribution in [0.25, 0.3) is 0 Å². The molecule has 1 aliphatic carbocycles. The summed E-state index contributed by atoms with van der Waals surface area (Å²) in [6.45, 7) is 0.841. The van der Waals surface area contributed by atoms with E-state index in [0.717, 1.165) is 6.42 Å². The normalized spacial score (nSPS) is 23.0. The minimum absolute atomic E-state index is 0.0281. The molecule has 0 saturated carbocycles. The van der Waals surface area contributed by atoms with E-state index in [9.17, 15) is 13.2 Å². The van der Waals surface area contributed by atoms with Gasteiger partial charge in [0.2, 0.25) is 5.91 Å². The average Bonchev–Trinajstić information content (AvgIpc) is 3.08. The van der Waals surface area contributed by atoms with Crippen molar-refractivity contribution in [3.63, 3.8) is 0 Å². The lowest BCUT2D eigenvalue weighted by molar-refractivity contribution is -0.122. The fraction of sp³-hybridized carbons (Fsp3) is 0.688. The molecule has 1 aromatic rings. The standard InChI is InChI=1S/C16H24N2O3S2/c1-18(13-6-7-23(20,21)11-13)9-16(19)17-8-12-10-22-15-5-3-2-4-14(12)15/h10,13H,2-9,11H2,1H3,(H,17,19). The largest absolute Gasteiger partial charge is 0.351 e. The Labute approximate surface area is 142 Å². The summed E-state index contributed by atoms with van der Waals surface area (Å²) in [7, 11) is -1.08. The number of likely N-dealkylation sites (N-methyl/N-ethyl adjacent to an activating group) is 1. The molecular weight excluding hydrogens is 332 g/mol. The first-order chi connectivity index (χ1) is 10.9. The van der Waals surface area contributed by atoms with Crippen molar-refractivity contribution in [3.8, 4) is 0 Å². The Hall–Kier alpha value is -0.920. The molecule has 0 spiro atoms. The third-order valence-electron chi connectivity index (χ3n) is 4.85. The van der Waals surface area contributed by atoms with Crippen molar-refractivity contribution in [2.45, 2.75) is 44.7 Å². The predicted molar refractivity (Wildman–Crippen MR) is 92.5 cm³/mol. The molecule has 2 heterocycles. The van der Waals surface area contributed by atoms with Crippen molar-refractivity contribution >= 4 is 27.1 Å². The van der Waals surface area contributed by atoms with Gasteiger partial charge in [0.05, 0.1) is 18.1 Å². The van der Waals surface area contributed by atoms with Gasteiger partial charge in [0.1, 0.15) is 0 Å². The Kier molecular flexibility index (Phi) is 5.08. The van der Waals surface area contributed by atoms with Crippen LogP contribution in [0.1, 0.15) is 35.3 Å². The fourth-order valence-corrected chi connectivity index (χ4v) is 6.39. The van der Waals surface area contributed by atoms with E-state index in [1.54, 1.807) is 0 Å². The maximum atomic E-state index is 12.1. The summed E-state index contributed by atoms with van der Waals surface area (Å²) in [6, 6.07) is -0.0281. The topological polar surface area (TPSA) is 66.5 Å². The minimum Gasteiger partial charge on any atom is -0.351 e. The SMILES string of the molecule is CN(CC(=O)NCc1csc2c1CCCC2)C1CCS(=O)(=O)C1. The monoisotopic (exact) mass is 356 g/mol. The van der Waals surface area contributed by atoms with Gasteiger partial charge >= 0.3 is 0 Å². The second kappa shape index (κ2) is 6.91. The Balaban J connectivity index is 1.49. The second-order valence-corrected chi connectivity index (χ2v) is 9.81. The zero-order valence-corrected chi connectivity index (χ0v) is 15.1. The molecule has 1 saturated heterocycles. The molecule has 1 N–H and O–H groups in total. The fourth-order valence-electron chi connectivity index (χ4n) is 3.44. The summed E-state index contributed by atoms with van der Waals surface area (Å²) < 4.78 is 23.0. The highest BCUT2D eigenvalue weighted by molar-refractivity contribution is 7.91. The molecule has 1 aliphatic heterocycles. The molecular formula is C16H24N2O3S2. The van der Waals surface area contributed by atoms with E-state index in [1.807, 2.05) is 23.3 Å². The maximum absolute atomic E-state index is 12.1. The Bertz CT molecular complexity index is 681. The van der Waals surface area contributed by atoms with Gasteiger partial charge in [0, 0.05) is 17.5 Å². The first kappa shape index (κ1) is 16.9. The molecule has 1 amide bonds. The summed E-state index contributed by atoms with van der Waals surface area (Å²) in [5, 5.41) is 5.16. The van der Waals surface area contributed by atoms with Gasteiger partial charge in [-0.1, -0.05) is 0 Å². The third kappa shape index (κ3) is 4.14. The highest BCUT2D eigenvalue weighted by atomic mass is 32.2. The molecule has 0 radical (unpaired) electrons. The number of fused-ring (bicyclic) bond motifs is 1. The molecule has 23 heavy (non-hydrogen) atoms. The summed E-state index contributed by atoms with van der Waals surface area (Å²) in [6.07, 6.45) is 5.44. The first-order valence-electron chi connectivity index (χ1n) is 8.20. The summed E-state index contributed by atoms with van der Waals surface area (Å²) in [5.74, 6) is 0.381. The zero-order valence-electron chi connectivity index (χ0n) is 13.5. The highest BCUT2D eigenvalue weighted by Crippen LogP contribution is 2.30. The van der Waals surface area contributed by atoms with Crippen LogP contribution in [-0.2, 0) is 34.0 Å². The minimum atomic E-state index is -2.91. The van der Waals surface area contributed by atoms with Gasteiger partial charge in [-0.2, -0.15) is 0 Å². The molecule has 1 atom stereocenters. The smallest absolute Gasteiger partial charge is 0.234 e. The Morgan fingerprint density at radius 2 is 2.17 bits per heavy atom. The lowest BCUT2D eigenvalue weighted by atomic mass is 9.96. The number of carbonyl (C=O) groups is 1. The number of hydrogen-bond acceptors (Lipinski definition) is 5. The summed E-state index contributed by atoms with van der Waals surface area (Å²) in [4.78, 5) is 15.5. The van der Waals surface area contributed by atoms with E-state index >= 15 is 0 Å². The van der Waals surface area contributed by atoms with Crippen LogP contribution < -0.4 is 5.32 Å². The molecule has 2 aliphatic rings. The van der Waals surface area contributed by atoms with Crippen LogP contribution in [0.4, 0.5) is 0 Å². The van der Waals surface area contributed by atoms with Gasteiger partial charge in [-0.05, 0) is 55.7 Å². The lowest BCUT2D eigenvalue weighted by Gasteiger charge is -2.22. The zero-order chi connectivity index (χ0) is 16.4. The van der Waals surface area contributed by atoms with Gasteiger partial charge in [-0.3, -0.25) is 9.69 Å². The molecule has 5 nitrogen and oxygen atoms in total. The molecule has 3 rings (SSSR count). The van der Waals surface area contributed by atoms with E-state index in [2.05, 4.69) is 10.7 Å². The number of rotatable bonds is 5. The van der Waals surface area contributed by atoms with Crippen LogP contribution in [0.5, 0.6) is 0 Å². The number of carbonyl (C=O) groups excluding carboxylic acids is 1. The van der Waals surface area contributed by atoms with E-state index in [0.29, 0.717) is 13.0 Å². The van der Waals surface area contributed by atoms with Gasteiger partial charge in [-0.25, -0.2) is 8.42 Å². The van der Waals surface area contributed by atoms with Crippen LogP contribution in [0.3, 0.4) is 0 Å². The molecule has 1 aromatic heterocycles. The van der Waals surface area contributed by atoms with E-state index < -0.39 is 9.84 Å². The van der Waals surface area contributed by atoms with Gasteiger partial charge < -0.3 is 5.32 Å². The molecule has 1 unspecified atom stereocenters. The number of sulfone groups is 1.